The molecule has 6 heteroatoms. The van der Waals surface area contributed by atoms with Crippen LogP contribution in [0.3, 0.4) is 0 Å². The van der Waals surface area contributed by atoms with Crippen LogP contribution in [0, 0.1) is 20.8 Å². The maximum Gasteiger partial charge on any atom is 0.256 e. The summed E-state index contributed by atoms with van der Waals surface area (Å²) in [6.07, 6.45) is 0. The molecule has 0 aliphatic carbocycles. The fraction of sp³-hybridized carbons (Fsp3) is 0.185. The van der Waals surface area contributed by atoms with E-state index in [1.54, 1.807) is 18.4 Å². The van der Waals surface area contributed by atoms with Gasteiger partial charge in [0.15, 0.2) is 0 Å². The van der Waals surface area contributed by atoms with Crippen molar-refractivity contribution in [3.63, 3.8) is 0 Å². The van der Waals surface area contributed by atoms with Gasteiger partial charge < -0.3 is 15.4 Å². The number of nitrogens with zero attached hydrogens (tertiary/aromatic N) is 1. The maximum absolute atomic E-state index is 13.0. The Morgan fingerprint density at radius 3 is 2.39 bits per heavy atom. The lowest BCUT2D eigenvalue weighted by molar-refractivity contribution is 0.102. The van der Waals surface area contributed by atoms with E-state index in [4.69, 9.17) is 4.74 Å². The molecular weight excluding hydrogens is 430 g/mol. The smallest absolute Gasteiger partial charge is 0.256 e. The number of thiophene rings is 1. The van der Waals surface area contributed by atoms with Crippen LogP contribution in [0.2, 0.25) is 0 Å². The fourth-order valence-electron chi connectivity index (χ4n) is 3.83. The van der Waals surface area contributed by atoms with Crippen LogP contribution in [0.4, 0.5) is 10.8 Å². The largest absolute Gasteiger partial charge is 0.496 e. The number of anilines is 2. The van der Waals surface area contributed by atoms with Gasteiger partial charge in [-0.2, -0.15) is 0 Å². The van der Waals surface area contributed by atoms with Gasteiger partial charge in [0.1, 0.15) is 16.6 Å². The van der Waals surface area contributed by atoms with E-state index in [2.05, 4.69) is 29.5 Å². The molecule has 0 aliphatic heterocycles. The standard InChI is InChI=1S/C27H27N3O2S/c1-17-11-10-16-23(28-17)29-25(21-14-8-9-15-22(21)32-4)24-18(2)19(3)33-27(24)30-26(31)20-12-6-5-7-13-20/h5-16,25H,1-4H3,(H,28,29)(H,30,31)/t25-/m1/s1. The van der Waals surface area contributed by atoms with Gasteiger partial charge in [-0.15, -0.1) is 11.3 Å². The Morgan fingerprint density at radius 2 is 1.67 bits per heavy atom. The summed E-state index contributed by atoms with van der Waals surface area (Å²) in [6.45, 7) is 6.13. The van der Waals surface area contributed by atoms with Gasteiger partial charge in [-0.05, 0) is 56.7 Å². The third-order valence-electron chi connectivity index (χ3n) is 5.61. The van der Waals surface area contributed by atoms with E-state index in [0.29, 0.717) is 5.56 Å². The molecule has 1 atom stereocenters. The van der Waals surface area contributed by atoms with Gasteiger partial charge in [0.25, 0.3) is 5.91 Å². The van der Waals surface area contributed by atoms with Crippen LogP contribution in [0.25, 0.3) is 0 Å². The molecule has 0 fully saturated rings. The lowest BCUT2D eigenvalue weighted by Crippen LogP contribution is -2.18. The minimum absolute atomic E-state index is 0.134. The van der Waals surface area contributed by atoms with Crippen LogP contribution in [0.1, 0.15) is 43.7 Å². The summed E-state index contributed by atoms with van der Waals surface area (Å²) in [5, 5.41) is 7.57. The van der Waals surface area contributed by atoms with Crippen molar-refractivity contribution < 1.29 is 9.53 Å². The predicted octanol–water partition coefficient (Wildman–Crippen LogP) is 6.53. The first kappa shape index (κ1) is 22.6. The predicted molar refractivity (Wildman–Crippen MR) is 136 cm³/mol. The first-order valence-corrected chi connectivity index (χ1v) is 11.6. The normalized spacial score (nSPS) is 11.6. The Morgan fingerprint density at radius 1 is 0.939 bits per heavy atom. The van der Waals surface area contributed by atoms with Crippen molar-refractivity contribution in [2.75, 3.05) is 17.7 Å². The highest BCUT2D eigenvalue weighted by Gasteiger charge is 2.27. The van der Waals surface area contributed by atoms with Crippen molar-refractivity contribution in [1.82, 2.24) is 4.98 Å². The second-order valence-corrected chi connectivity index (χ2v) is 9.05. The molecule has 0 saturated heterocycles. The average Bonchev–Trinajstić information content (AvgIpc) is 3.10. The van der Waals surface area contributed by atoms with Crippen LogP contribution >= 0.6 is 11.3 Å². The van der Waals surface area contributed by atoms with Gasteiger partial charge >= 0.3 is 0 Å². The molecule has 4 aromatic rings. The molecule has 33 heavy (non-hydrogen) atoms. The van der Waals surface area contributed by atoms with Crippen molar-refractivity contribution in [3.8, 4) is 5.75 Å². The SMILES string of the molecule is COc1ccccc1[C@@H](Nc1cccc(C)n1)c1c(NC(=O)c2ccccc2)sc(C)c1C. The zero-order chi connectivity index (χ0) is 23.4. The molecule has 0 saturated carbocycles. The van der Waals surface area contributed by atoms with Crippen molar-refractivity contribution in [2.24, 2.45) is 0 Å². The third-order valence-corrected chi connectivity index (χ3v) is 6.75. The minimum Gasteiger partial charge on any atom is -0.496 e. The Labute approximate surface area is 198 Å². The number of amides is 1. The van der Waals surface area contributed by atoms with E-state index in [1.165, 1.54) is 0 Å². The maximum atomic E-state index is 13.0. The zero-order valence-corrected chi connectivity index (χ0v) is 20.0. The molecule has 2 aromatic carbocycles. The number of rotatable bonds is 7. The number of benzene rings is 2. The van der Waals surface area contributed by atoms with E-state index in [1.807, 2.05) is 79.7 Å². The Kier molecular flexibility index (Phi) is 6.75. The third kappa shape index (κ3) is 4.91. The molecule has 2 N–H and O–H groups in total. The van der Waals surface area contributed by atoms with Crippen LogP contribution in [-0.2, 0) is 0 Å². The Bertz CT molecular complexity index is 1270. The molecule has 168 valence electrons. The van der Waals surface area contributed by atoms with Crippen molar-refractivity contribution in [3.05, 3.63) is 106 Å². The Balaban J connectivity index is 1.82. The monoisotopic (exact) mass is 457 g/mol. The van der Waals surface area contributed by atoms with E-state index in [9.17, 15) is 4.79 Å². The first-order valence-electron chi connectivity index (χ1n) is 10.8. The number of aryl methyl sites for hydroxylation is 2. The number of hydrogen-bond donors (Lipinski definition) is 2. The molecule has 0 spiro atoms. The number of pyridine rings is 1. The molecule has 0 aliphatic rings. The number of carbonyl (C=O) groups excluding carboxylic acids is 1. The highest BCUT2D eigenvalue weighted by molar-refractivity contribution is 7.16. The van der Waals surface area contributed by atoms with Crippen LogP contribution in [0.5, 0.6) is 5.75 Å². The van der Waals surface area contributed by atoms with Gasteiger partial charge in [0.2, 0.25) is 0 Å². The van der Waals surface area contributed by atoms with Crippen molar-refractivity contribution in [2.45, 2.75) is 26.8 Å². The number of aromatic nitrogens is 1. The minimum atomic E-state index is -0.272. The van der Waals surface area contributed by atoms with Gasteiger partial charge in [-0.3, -0.25) is 4.79 Å². The second kappa shape index (κ2) is 9.88. The van der Waals surface area contributed by atoms with Gasteiger partial charge in [0.05, 0.1) is 13.2 Å². The van der Waals surface area contributed by atoms with E-state index >= 15 is 0 Å². The highest BCUT2D eigenvalue weighted by Crippen LogP contribution is 2.43. The van der Waals surface area contributed by atoms with Crippen molar-refractivity contribution in [1.29, 1.82) is 0 Å². The van der Waals surface area contributed by atoms with Gasteiger partial charge in [0, 0.05) is 27.3 Å². The molecule has 1 amide bonds. The summed E-state index contributed by atoms with van der Waals surface area (Å²) < 4.78 is 5.70. The molecule has 4 rings (SSSR count). The van der Waals surface area contributed by atoms with Crippen molar-refractivity contribution >= 4 is 28.1 Å². The van der Waals surface area contributed by atoms with Crippen LogP contribution in [0.15, 0.2) is 72.8 Å². The van der Waals surface area contributed by atoms with Gasteiger partial charge in [-0.25, -0.2) is 4.98 Å². The van der Waals surface area contributed by atoms with E-state index in [-0.39, 0.29) is 11.9 Å². The van der Waals surface area contributed by atoms with E-state index < -0.39 is 0 Å². The summed E-state index contributed by atoms with van der Waals surface area (Å²) in [6, 6.07) is 22.8. The summed E-state index contributed by atoms with van der Waals surface area (Å²) in [7, 11) is 1.67. The highest BCUT2D eigenvalue weighted by atomic mass is 32.1. The molecule has 0 radical (unpaired) electrons. The number of carbonyl (C=O) groups is 1. The average molecular weight is 458 g/mol. The number of ether oxygens (including phenoxy) is 1. The summed E-state index contributed by atoms with van der Waals surface area (Å²) in [5.74, 6) is 1.39. The molecule has 2 heterocycles. The zero-order valence-electron chi connectivity index (χ0n) is 19.2. The lowest BCUT2D eigenvalue weighted by Gasteiger charge is -2.24. The molecule has 2 aromatic heterocycles. The summed E-state index contributed by atoms with van der Waals surface area (Å²) >= 11 is 1.58. The summed E-state index contributed by atoms with van der Waals surface area (Å²) in [4.78, 5) is 18.8. The van der Waals surface area contributed by atoms with Crippen LogP contribution in [-0.4, -0.2) is 18.0 Å². The second-order valence-electron chi connectivity index (χ2n) is 7.83. The quantitative estimate of drug-likeness (QED) is 0.331. The molecule has 0 unspecified atom stereocenters. The molecule has 0 bridgehead atoms. The molecule has 5 nitrogen and oxygen atoms in total. The number of methoxy groups -OCH3 is 1. The summed E-state index contributed by atoms with van der Waals surface area (Å²) in [5.41, 5.74) is 4.65. The fourth-order valence-corrected chi connectivity index (χ4v) is 4.93. The lowest BCUT2D eigenvalue weighted by atomic mass is 9.95. The van der Waals surface area contributed by atoms with Crippen LogP contribution < -0.4 is 15.4 Å². The topological polar surface area (TPSA) is 63.2 Å². The number of para-hydroxylation sites is 1. The van der Waals surface area contributed by atoms with E-state index in [0.717, 1.165) is 43.8 Å². The number of hydrogen-bond acceptors (Lipinski definition) is 5. The van der Waals surface area contributed by atoms with Gasteiger partial charge in [-0.1, -0.05) is 42.5 Å². The first-order chi connectivity index (χ1) is 16.0. The Hall–Kier alpha value is -3.64. The molecular formula is C27H27N3O2S. The number of nitrogens with one attached hydrogen (secondary N) is 2.